The second-order valence-corrected chi connectivity index (χ2v) is 6.24. The second kappa shape index (κ2) is 6.02. The number of piperidine rings is 1. The zero-order valence-corrected chi connectivity index (χ0v) is 12.7. The quantitative estimate of drug-likeness (QED) is 0.910. The molecule has 21 heavy (non-hydrogen) atoms. The molecule has 3 rings (SSSR count). The minimum absolute atomic E-state index is 0.227. The molecular weight excluding hydrogens is 267 g/mol. The van der Waals surface area contributed by atoms with Crippen molar-refractivity contribution in [2.75, 3.05) is 24.5 Å². The van der Waals surface area contributed by atoms with Crippen LogP contribution in [0.2, 0.25) is 0 Å². The van der Waals surface area contributed by atoms with Crippen molar-refractivity contribution in [1.82, 2.24) is 15.3 Å². The number of rotatable bonds is 4. The van der Waals surface area contributed by atoms with Gasteiger partial charge in [-0.05, 0) is 43.5 Å². The van der Waals surface area contributed by atoms with Crippen molar-refractivity contribution in [3.63, 3.8) is 0 Å². The van der Waals surface area contributed by atoms with Crippen LogP contribution >= 0.6 is 0 Å². The lowest BCUT2D eigenvalue weighted by Gasteiger charge is -2.33. The molecule has 4 nitrogen and oxygen atoms in total. The van der Waals surface area contributed by atoms with E-state index < -0.39 is 0 Å². The van der Waals surface area contributed by atoms with Crippen molar-refractivity contribution in [3.05, 3.63) is 24.0 Å². The van der Waals surface area contributed by atoms with Crippen LogP contribution in [0.15, 0.2) is 18.2 Å². The van der Waals surface area contributed by atoms with Crippen molar-refractivity contribution < 1.29 is 4.39 Å². The zero-order valence-electron chi connectivity index (χ0n) is 12.7. The number of anilines is 1. The largest absolute Gasteiger partial charge is 0.342 e. The van der Waals surface area contributed by atoms with Gasteiger partial charge in [-0.2, -0.15) is 0 Å². The van der Waals surface area contributed by atoms with Gasteiger partial charge in [0, 0.05) is 19.1 Å². The number of fused-ring (bicyclic) bond motifs is 1. The number of nitrogens with zero attached hydrogens (tertiary/aromatic N) is 2. The molecule has 0 radical (unpaired) electrons. The van der Waals surface area contributed by atoms with Crippen LogP contribution in [0.4, 0.5) is 10.3 Å². The molecule has 0 bridgehead atoms. The average molecular weight is 290 g/mol. The highest BCUT2D eigenvalue weighted by Crippen LogP contribution is 2.23. The molecule has 2 heterocycles. The predicted octanol–water partition coefficient (Wildman–Crippen LogP) is 2.92. The maximum Gasteiger partial charge on any atom is 0.203 e. The van der Waals surface area contributed by atoms with Crippen LogP contribution in [-0.2, 0) is 0 Å². The Bertz CT molecular complexity index is 607. The van der Waals surface area contributed by atoms with E-state index in [9.17, 15) is 4.39 Å². The first-order valence-corrected chi connectivity index (χ1v) is 7.75. The highest BCUT2D eigenvalue weighted by Gasteiger charge is 2.22. The molecule has 1 unspecified atom stereocenters. The molecule has 0 amide bonds. The first-order chi connectivity index (χ1) is 10.1. The van der Waals surface area contributed by atoms with Crippen molar-refractivity contribution in [2.45, 2.75) is 32.7 Å². The van der Waals surface area contributed by atoms with Gasteiger partial charge in [0.2, 0.25) is 5.95 Å². The summed E-state index contributed by atoms with van der Waals surface area (Å²) in [7, 11) is 0. The lowest BCUT2D eigenvalue weighted by atomic mass is 9.98. The maximum absolute atomic E-state index is 13.3. The van der Waals surface area contributed by atoms with E-state index in [2.05, 4.69) is 34.0 Å². The minimum Gasteiger partial charge on any atom is -0.342 e. The summed E-state index contributed by atoms with van der Waals surface area (Å²) in [6, 6.07) is 5.22. The molecule has 114 valence electrons. The van der Waals surface area contributed by atoms with E-state index in [0.29, 0.717) is 12.0 Å². The number of imidazole rings is 1. The third kappa shape index (κ3) is 3.35. The summed E-state index contributed by atoms with van der Waals surface area (Å²) in [6.07, 6.45) is 2.43. The number of H-pyrrole nitrogens is 1. The van der Waals surface area contributed by atoms with E-state index in [1.54, 1.807) is 6.07 Å². The summed E-state index contributed by atoms with van der Waals surface area (Å²) in [5, 5.41) is 3.51. The Kier molecular flexibility index (Phi) is 4.10. The van der Waals surface area contributed by atoms with E-state index in [4.69, 9.17) is 0 Å². The molecular formula is C16H23FN4. The molecule has 1 fully saturated rings. The van der Waals surface area contributed by atoms with Crippen molar-refractivity contribution in [1.29, 1.82) is 0 Å². The maximum atomic E-state index is 13.3. The summed E-state index contributed by atoms with van der Waals surface area (Å²) < 4.78 is 13.3. The van der Waals surface area contributed by atoms with Crippen molar-refractivity contribution >= 4 is 17.0 Å². The molecule has 1 aliphatic rings. The van der Waals surface area contributed by atoms with E-state index in [1.807, 2.05) is 0 Å². The third-order valence-corrected chi connectivity index (χ3v) is 4.06. The minimum atomic E-state index is -0.227. The van der Waals surface area contributed by atoms with Crippen LogP contribution in [0.25, 0.3) is 11.0 Å². The fourth-order valence-electron chi connectivity index (χ4n) is 2.94. The van der Waals surface area contributed by atoms with Crippen molar-refractivity contribution in [3.8, 4) is 0 Å². The molecule has 1 atom stereocenters. The number of benzene rings is 1. The molecule has 0 spiro atoms. The van der Waals surface area contributed by atoms with E-state index in [-0.39, 0.29) is 5.82 Å². The van der Waals surface area contributed by atoms with E-state index in [0.717, 1.165) is 36.6 Å². The lowest BCUT2D eigenvalue weighted by molar-refractivity contribution is 0.377. The predicted molar refractivity (Wildman–Crippen MR) is 84.1 cm³/mol. The van der Waals surface area contributed by atoms with Crippen LogP contribution in [0.5, 0.6) is 0 Å². The van der Waals surface area contributed by atoms with Gasteiger partial charge in [-0.15, -0.1) is 0 Å². The molecule has 5 heteroatoms. The molecule has 2 aromatic rings. The van der Waals surface area contributed by atoms with Crippen LogP contribution in [0.3, 0.4) is 0 Å². The summed E-state index contributed by atoms with van der Waals surface area (Å²) >= 11 is 0. The first-order valence-electron chi connectivity index (χ1n) is 7.75. The van der Waals surface area contributed by atoms with Crippen LogP contribution < -0.4 is 10.2 Å². The van der Waals surface area contributed by atoms with Crippen LogP contribution in [-0.4, -0.2) is 35.6 Å². The zero-order chi connectivity index (χ0) is 14.8. The SMILES string of the molecule is CC(C)NCC1CCCN(c2nc3ccc(F)cc3[nH]2)C1. The molecule has 1 aromatic carbocycles. The third-order valence-electron chi connectivity index (χ3n) is 4.06. The Morgan fingerprint density at radius 2 is 2.33 bits per heavy atom. The first kappa shape index (κ1) is 14.3. The Balaban J connectivity index is 1.72. The molecule has 0 saturated carbocycles. The summed E-state index contributed by atoms with van der Waals surface area (Å²) in [5.41, 5.74) is 1.60. The molecule has 0 aliphatic carbocycles. The van der Waals surface area contributed by atoms with Gasteiger partial charge in [0.05, 0.1) is 11.0 Å². The van der Waals surface area contributed by atoms with Gasteiger partial charge in [0.15, 0.2) is 0 Å². The van der Waals surface area contributed by atoms with E-state index >= 15 is 0 Å². The Hall–Kier alpha value is -1.62. The number of hydrogen-bond donors (Lipinski definition) is 2. The smallest absolute Gasteiger partial charge is 0.203 e. The fraction of sp³-hybridized carbons (Fsp3) is 0.562. The van der Waals surface area contributed by atoms with Gasteiger partial charge in [0.25, 0.3) is 0 Å². The Labute approximate surface area is 124 Å². The van der Waals surface area contributed by atoms with Crippen molar-refractivity contribution in [2.24, 2.45) is 5.92 Å². The second-order valence-electron chi connectivity index (χ2n) is 6.24. The Morgan fingerprint density at radius 1 is 1.48 bits per heavy atom. The molecule has 1 aliphatic heterocycles. The number of halogens is 1. The van der Waals surface area contributed by atoms with Crippen LogP contribution in [0.1, 0.15) is 26.7 Å². The fourth-order valence-corrected chi connectivity index (χ4v) is 2.94. The van der Waals surface area contributed by atoms with Gasteiger partial charge >= 0.3 is 0 Å². The molecule has 2 N–H and O–H groups in total. The van der Waals surface area contributed by atoms with Gasteiger partial charge in [-0.25, -0.2) is 9.37 Å². The topological polar surface area (TPSA) is 44.0 Å². The Morgan fingerprint density at radius 3 is 3.14 bits per heavy atom. The lowest BCUT2D eigenvalue weighted by Crippen LogP contribution is -2.41. The molecule has 1 aromatic heterocycles. The normalized spacial score (nSPS) is 19.6. The standard InChI is InChI=1S/C16H23FN4/c1-11(2)18-9-12-4-3-7-21(10-12)16-19-14-6-5-13(17)8-15(14)20-16/h5-6,8,11-12,18H,3-4,7,9-10H2,1-2H3,(H,19,20). The highest BCUT2D eigenvalue weighted by molar-refractivity contribution is 5.77. The molecule has 1 saturated heterocycles. The van der Waals surface area contributed by atoms with Gasteiger partial charge < -0.3 is 15.2 Å². The number of hydrogen-bond acceptors (Lipinski definition) is 3. The number of aromatic nitrogens is 2. The summed E-state index contributed by atoms with van der Waals surface area (Å²) in [4.78, 5) is 10.1. The van der Waals surface area contributed by atoms with Crippen LogP contribution in [0, 0.1) is 11.7 Å². The summed E-state index contributed by atoms with van der Waals surface area (Å²) in [6.45, 7) is 7.41. The average Bonchev–Trinajstić information content (AvgIpc) is 2.88. The monoisotopic (exact) mass is 290 g/mol. The van der Waals surface area contributed by atoms with Gasteiger partial charge in [-0.1, -0.05) is 13.8 Å². The van der Waals surface area contributed by atoms with Gasteiger partial charge in [0.1, 0.15) is 5.82 Å². The number of nitrogens with one attached hydrogen (secondary N) is 2. The van der Waals surface area contributed by atoms with Gasteiger partial charge in [-0.3, -0.25) is 0 Å². The van der Waals surface area contributed by atoms with E-state index in [1.165, 1.54) is 25.0 Å². The highest BCUT2D eigenvalue weighted by atomic mass is 19.1. The summed E-state index contributed by atoms with van der Waals surface area (Å²) in [5.74, 6) is 1.28. The number of aromatic amines is 1.